The highest BCUT2D eigenvalue weighted by Crippen LogP contribution is 2.44. The van der Waals surface area contributed by atoms with Gasteiger partial charge in [-0.3, -0.25) is 0 Å². The summed E-state index contributed by atoms with van der Waals surface area (Å²) in [5, 5.41) is 3.65. The molecule has 1 heteroatoms. The van der Waals surface area contributed by atoms with E-state index in [9.17, 15) is 0 Å². The van der Waals surface area contributed by atoms with E-state index in [1.807, 2.05) is 0 Å². The monoisotopic (exact) mass is 239 g/mol. The highest BCUT2D eigenvalue weighted by atomic mass is 14.9. The van der Waals surface area contributed by atoms with Crippen LogP contribution in [0.5, 0.6) is 0 Å². The van der Waals surface area contributed by atoms with Crippen molar-refractivity contribution in [1.82, 2.24) is 5.32 Å². The highest BCUT2D eigenvalue weighted by molar-refractivity contribution is 4.86. The number of rotatable bonds is 5. The number of hydrogen-bond donors (Lipinski definition) is 1. The normalized spacial score (nSPS) is 28.9. The van der Waals surface area contributed by atoms with Crippen LogP contribution in [0.1, 0.15) is 67.2 Å². The van der Waals surface area contributed by atoms with E-state index in [0.717, 1.165) is 17.8 Å². The lowest BCUT2D eigenvalue weighted by Gasteiger charge is -2.42. The minimum absolute atomic E-state index is 0.577. The van der Waals surface area contributed by atoms with E-state index >= 15 is 0 Å². The largest absolute Gasteiger partial charge is 0.314 e. The van der Waals surface area contributed by atoms with Crippen LogP contribution in [0.2, 0.25) is 0 Å². The first-order chi connectivity index (χ1) is 7.80. The molecule has 0 bridgehead atoms. The molecule has 0 amide bonds. The van der Waals surface area contributed by atoms with Gasteiger partial charge in [0.25, 0.3) is 0 Å². The van der Waals surface area contributed by atoms with Crippen LogP contribution in [-0.2, 0) is 0 Å². The Hall–Kier alpha value is -0.0400. The number of hydrogen-bond acceptors (Lipinski definition) is 1. The Morgan fingerprint density at radius 2 is 1.76 bits per heavy atom. The molecule has 2 atom stereocenters. The van der Waals surface area contributed by atoms with Crippen LogP contribution in [0, 0.1) is 23.2 Å². The van der Waals surface area contributed by atoms with E-state index in [2.05, 4.69) is 46.9 Å². The average molecular weight is 239 g/mol. The van der Waals surface area contributed by atoms with Gasteiger partial charge in [0, 0.05) is 6.04 Å². The van der Waals surface area contributed by atoms with Gasteiger partial charge in [-0.2, -0.15) is 0 Å². The third kappa shape index (κ3) is 5.42. The van der Waals surface area contributed by atoms with Crippen LogP contribution in [0.25, 0.3) is 0 Å². The van der Waals surface area contributed by atoms with E-state index in [-0.39, 0.29) is 0 Å². The van der Waals surface area contributed by atoms with Gasteiger partial charge in [-0.05, 0) is 55.4 Å². The van der Waals surface area contributed by atoms with Crippen molar-refractivity contribution in [3.05, 3.63) is 0 Å². The summed E-state index contributed by atoms with van der Waals surface area (Å²) in [5.41, 5.74) is 0.577. The van der Waals surface area contributed by atoms with Crippen LogP contribution >= 0.6 is 0 Å². The molecule has 1 aliphatic rings. The lowest BCUT2D eigenvalue weighted by atomic mass is 9.65. The van der Waals surface area contributed by atoms with Gasteiger partial charge >= 0.3 is 0 Å². The predicted molar refractivity (Wildman–Crippen MR) is 77.2 cm³/mol. The molecular formula is C16H33N. The SMILES string of the molecule is CC(C)CC1CC(C)(C)CCC1CNC(C)C. The molecule has 0 aromatic heterocycles. The average Bonchev–Trinajstić information content (AvgIpc) is 2.14. The van der Waals surface area contributed by atoms with E-state index in [1.165, 1.54) is 32.2 Å². The minimum Gasteiger partial charge on any atom is -0.314 e. The van der Waals surface area contributed by atoms with Gasteiger partial charge in [0.15, 0.2) is 0 Å². The summed E-state index contributed by atoms with van der Waals surface area (Å²) in [4.78, 5) is 0. The minimum atomic E-state index is 0.577. The van der Waals surface area contributed by atoms with Crippen LogP contribution in [-0.4, -0.2) is 12.6 Å². The summed E-state index contributed by atoms with van der Waals surface area (Å²) in [5.74, 6) is 2.69. The van der Waals surface area contributed by atoms with Gasteiger partial charge in [-0.15, -0.1) is 0 Å². The Morgan fingerprint density at radius 3 is 2.29 bits per heavy atom. The molecule has 1 saturated carbocycles. The molecule has 1 fully saturated rings. The lowest BCUT2D eigenvalue weighted by Crippen LogP contribution is -2.38. The zero-order chi connectivity index (χ0) is 13.1. The maximum absolute atomic E-state index is 3.65. The molecule has 0 aromatic carbocycles. The van der Waals surface area contributed by atoms with Gasteiger partial charge in [0.1, 0.15) is 0 Å². The predicted octanol–water partition coefficient (Wildman–Crippen LogP) is 4.47. The Kier molecular flexibility index (Phi) is 5.50. The Balaban J connectivity index is 2.54. The van der Waals surface area contributed by atoms with Crippen molar-refractivity contribution in [2.45, 2.75) is 73.3 Å². The van der Waals surface area contributed by atoms with Gasteiger partial charge < -0.3 is 5.32 Å². The zero-order valence-electron chi connectivity index (χ0n) is 12.8. The highest BCUT2D eigenvalue weighted by Gasteiger charge is 2.34. The Bertz CT molecular complexity index is 216. The van der Waals surface area contributed by atoms with Gasteiger partial charge in [0.05, 0.1) is 0 Å². The molecule has 0 saturated heterocycles. The van der Waals surface area contributed by atoms with Crippen LogP contribution in [0.4, 0.5) is 0 Å². The quantitative estimate of drug-likeness (QED) is 0.746. The maximum Gasteiger partial charge on any atom is 0.00104 e. The third-order valence-corrected chi connectivity index (χ3v) is 4.24. The molecule has 1 rings (SSSR count). The topological polar surface area (TPSA) is 12.0 Å². The van der Waals surface area contributed by atoms with Gasteiger partial charge in [0.2, 0.25) is 0 Å². The van der Waals surface area contributed by atoms with Crippen molar-refractivity contribution in [3.63, 3.8) is 0 Å². The molecule has 0 spiro atoms. The summed E-state index contributed by atoms with van der Waals surface area (Å²) >= 11 is 0. The summed E-state index contributed by atoms with van der Waals surface area (Å²) in [7, 11) is 0. The Morgan fingerprint density at radius 1 is 1.12 bits per heavy atom. The van der Waals surface area contributed by atoms with Gasteiger partial charge in [-0.25, -0.2) is 0 Å². The fourth-order valence-corrected chi connectivity index (χ4v) is 3.33. The third-order valence-electron chi connectivity index (χ3n) is 4.24. The van der Waals surface area contributed by atoms with Crippen molar-refractivity contribution in [3.8, 4) is 0 Å². The van der Waals surface area contributed by atoms with E-state index < -0.39 is 0 Å². The molecule has 0 aliphatic heterocycles. The molecule has 0 aromatic rings. The van der Waals surface area contributed by atoms with Gasteiger partial charge in [-0.1, -0.05) is 41.5 Å². The standard InChI is InChI=1S/C16H33N/c1-12(2)9-15-10-16(5,6)8-7-14(15)11-17-13(3)4/h12-15,17H,7-11H2,1-6H3. The van der Waals surface area contributed by atoms with Crippen molar-refractivity contribution < 1.29 is 0 Å². The van der Waals surface area contributed by atoms with Crippen LogP contribution < -0.4 is 5.32 Å². The van der Waals surface area contributed by atoms with Crippen molar-refractivity contribution in [1.29, 1.82) is 0 Å². The smallest absolute Gasteiger partial charge is 0.00104 e. The maximum atomic E-state index is 3.65. The van der Waals surface area contributed by atoms with Crippen molar-refractivity contribution >= 4 is 0 Å². The second-order valence-electron chi connectivity index (χ2n) is 7.62. The molecule has 2 unspecified atom stereocenters. The second-order valence-corrected chi connectivity index (χ2v) is 7.62. The molecule has 1 aliphatic carbocycles. The molecule has 1 nitrogen and oxygen atoms in total. The molecule has 0 heterocycles. The summed E-state index contributed by atoms with van der Waals surface area (Å²) in [6.07, 6.45) is 5.67. The Labute approximate surface area is 109 Å². The summed E-state index contributed by atoms with van der Waals surface area (Å²) in [6.45, 7) is 15.4. The molecule has 0 radical (unpaired) electrons. The molecular weight excluding hydrogens is 206 g/mol. The van der Waals surface area contributed by atoms with Crippen molar-refractivity contribution in [2.24, 2.45) is 23.2 Å². The summed E-state index contributed by atoms with van der Waals surface area (Å²) in [6, 6.07) is 0.629. The first-order valence-corrected chi connectivity index (χ1v) is 7.53. The first-order valence-electron chi connectivity index (χ1n) is 7.53. The van der Waals surface area contributed by atoms with E-state index in [4.69, 9.17) is 0 Å². The zero-order valence-corrected chi connectivity index (χ0v) is 12.8. The van der Waals surface area contributed by atoms with Crippen LogP contribution in [0.3, 0.4) is 0 Å². The lowest BCUT2D eigenvalue weighted by molar-refractivity contribution is 0.0994. The fraction of sp³-hybridized carbons (Fsp3) is 1.00. The molecule has 17 heavy (non-hydrogen) atoms. The first kappa shape index (κ1) is 15.0. The van der Waals surface area contributed by atoms with Crippen LogP contribution in [0.15, 0.2) is 0 Å². The second kappa shape index (κ2) is 6.22. The molecule has 1 N–H and O–H groups in total. The fourth-order valence-electron chi connectivity index (χ4n) is 3.33. The number of nitrogens with one attached hydrogen (secondary N) is 1. The van der Waals surface area contributed by atoms with E-state index in [1.54, 1.807) is 0 Å². The van der Waals surface area contributed by atoms with Crippen molar-refractivity contribution in [2.75, 3.05) is 6.54 Å². The molecule has 102 valence electrons. The summed E-state index contributed by atoms with van der Waals surface area (Å²) < 4.78 is 0. The van der Waals surface area contributed by atoms with E-state index in [0.29, 0.717) is 11.5 Å².